The van der Waals surface area contributed by atoms with Crippen molar-refractivity contribution in [2.45, 2.75) is 57.7 Å². The molecule has 20 heteroatoms. The quantitative estimate of drug-likeness (QED) is 0.200. The molecular weight excluding hydrogens is 652 g/mol. The molecule has 3 aromatic rings. The molecule has 4 rings (SSSR count). The molecule has 2 aromatic heterocycles. The predicted molar refractivity (Wildman–Crippen MR) is 151 cm³/mol. The van der Waals surface area contributed by atoms with Crippen LogP contribution in [0.2, 0.25) is 0 Å². The lowest BCUT2D eigenvalue weighted by Crippen LogP contribution is -2.50. The van der Waals surface area contributed by atoms with Crippen molar-refractivity contribution < 1.29 is 55.7 Å². The predicted octanol–water partition coefficient (Wildman–Crippen LogP) is 2.59. The number of carbonyl (C=O) groups is 4. The van der Waals surface area contributed by atoms with Crippen LogP contribution in [0.4, 0.5) is 32.2 Å². The summed E-state index contributed by atoms with van der Waals surface area (Å²) in [5.41, 5.74) is 10.3. The summed E-state index contributed by atoms with van der Waals surface area (Å²) in [6.45, 7) is 4.62. The highest BCUT2D eigenvalue weighted by molar-refractivity contribution is 7.00. The Morgan fingerprint density at radius 1 is 1.02 bits per heavy atom. The smallest absolute Gasteiger partial charge is 0.475 e. The summed E-state index contributed by atoms with van der Waals surface area (Å²) in [4.78, 5) is 47.1. The van der Waals surface area contributed by atoms with Gasteiger partial charge in [0.2, 0.25) is 11.8 Å². The SMILES string of the molecule is Cc1nc(N)ccc1CNC(=O)[C@H](C)NC(=O)[C@H]1C[C@H](Cc2ccc3nsnc3c2)CN1.O=C(O)C(F)(F)F.O=C(O)C(F)(F)F. The Hall–Kier alpha value is -4.59. The Bertz CT molecular complexity index is 1510. The van der Waals surface area contributed by atoms with Gasteiger partial charge in [0, 0.05) is 12.2 Å². The van der Waals surface area contributed by atoms with Crippen LogP contribution in [0.15, 0.2) is 30.3 Å². The average Bonchev–Trinajstić information content (AvgIpc) is 3.61. The van der Waals surface area contributed by atoms with Crippen LogP contribution >= 0.6 is 11.7 Å². The van der Waals surface area contributed by atoms with Crippen molar-refractivity contribution in [1.29, 1.82) is 0 Å². The molecule has 1 aliphatic rings. The first-order valence-electron chi connectivity index (χ1n) is 13.1. The second-order valence-corrected chi connectivity index (χ2v) is 10.4. The lowest BCUT2D eigenvalue weighted by Gasteiger charge is -2.17. The fraction of sp³-hybridized carbons (Fsp3) is 0.423. The van der Waals surface area contributed by atoms with E-state index in [4.69, 9.17) is 25.5 Å². The zero-order valence-electron chi connectivity index (χ0n) is 24.1. The van der Waals surface area contributed by atoms with Gasteiger partial charge in [0.25, 0.3) is 0 Å². The van der Waals surface area contributed by atoms with E-state index in [1.807, 2.05) is 19.1 Å². The van der Waals surface area contributed by atoms with E-state index in [1.165, 1.54) is 17.3 Å². The van der Waals surface area contributed by atoms with Gasteiger partial charge in [-0.05, 0) is 68.5 Å². The summed E-state index contributed by atoms with van der Waals surface area (Å²) in [5.74, 6) is -5.12. The molecule has 1 saturated heterocycles. The molecule has 0 bridgehead atoms. The molecule has 1 aromatic carbocycles. The number of benzene rings is 1. The zero-order chi connectivity index (χ0) is 34.8. The van der Waals surface area contributed by atoms with E-state index in [2.05, 4.69) is 41.8 Å². The van der Waals surface area contributed by atoms with Crippen LogP contribution in [0.25, 0.3) is 11.0 Å². The Balaban J connectivity index is 0.000000440. The van der Waals surface area contributed by atoms with Crippen molar-refractivity contribution in [3.05, 3.63) is 47.2 Å². The second kappa shape index (κ2) is 16.1. The number of pyridine rings is 1. The van der Waals surface area contributed by atoms with Crippen molar-refractivity contribution in [3.63, 3.8) is 0 Å². The Morgan fingerprint density at radius 3 is 2.17 bits per heavy atom. The van der Waals surface area contributed by atoms with Gasteiger partial charge in [-0.15, -0.1) is 0 Å². The van der Waals surface area contributed by atoms with Crippen LogP contribution in [0.5, 0.6) is 0 Å². The Labute approximate surface area is 260 Å². The van der Waals surface area contributed by atoms with Gasteiger partial charge in [-0.2, -0.15) is 35.1 Å². The summed E-state index contributed by atoms with van der Waals surface area (Å²) >= 11 is 1.21. The average molecular weight is 682 g/mol. The van der Waals surface area contributed by atoms with Gasteiger partial charge in [-0.3, -0.25) is 9.59 Å². The van der Waals surface area contributed by atoms with Crippen molar-refractivity contribution >= 4 is 52.3 Å². The minimum absolute atomic E-state index is 0.153. The number of carbonyl (C=O) groups excluding carboxylic acids is 2. The number of aryl methyl sites for hydroxylation is 1. The number of anilines is 1. The molecule has 1 fully saturated rings. The van der Waals surface area contributed by atoms with Gasteiger partial charge in [0.1, 0.15) is 22.9 Å². The maximum Gasteiger partial charge on any atom is 0.490 e. The van der Waals surface area contributed by atoms with Crippen LogP contribution in [-0.2, 0) is 32.1 Å². The maximum atomic E-state index is 12.7. The summed E-state index contributed by atoms with van der Waals surface area (Å²) in [6, 6.07) is 8.73. The Kier molecular flexibility index (Phi) is 13.2. The first-order valence-corrected chi connectivity index (χ1v) is 13.9. The van der Waals surface area contributed by atoms with Gasteiger partial charge in [0.05, 0.1) is 17.8 Å². The van der Waals surface area contributed by atoms with E-state index in [-0.39, 0.29) is 17.9 Å². The van der Waals surface area contributed by atoms with E-state index < -0.39 is 30.3 Å². The van der Waals surface area contributed by atoms with Crippen LogP contribution in [0, 0.1) is 12.8 Å². The highest BCUT2D eigenvalue weighted by Crippen LogP contribution is 2.22. The van der Waals surface area contributed by atoms with Crippen molar-refractivity contribution in [3.8, 4) is 0 Å². The van der Waals surface area contributed by atoms with Crippen LogP contribution in [0.3, 0.4) is 0 Å². The number of fused-ring (bicyclic) bond motifs is 1. The number of amides is 2. The molecule has 252 valence electrons. The van der Waals surface area contributed by atoms with Gasteiger partial charge >= 0.3 is 24.3 Å². The van der Waals surface area contributed by atoms with E-state index in [0.29, 0.717) is 18.3 Å². The number of carboxylic acids is 2. The van der Waals surface area contributed by atoms with Gasteiger partial charge in [-0.1, -0.05) is 12.1 Å². The standard InChI is InChI=1S/C22H27N7O2S.2C2HF3O2/c1-12-16(4-6-20(23)26-12)11-25-21(30)13(2)27-22(31)19-9-15(10-24-19)7-14-3-5-17-18(8-14)29-32-28-17;2*3-2(4,5)1(6)7/h3-6,8,13,15,19,24H,7,9-11H2,1-2H3,(H2,23,26)(H,25,30)(H,27,31);2*(H,6,7)/t13-,15-,19+;;/m0../s1. The fourth-order valence-electron chi connectivity index (χ4n) is 3.96. The van der Waals surface area contributed by atoms with Crippen LogP contribution < -0.4 is 21.7 Å². The Morgan fingerprint density at radius 2 is 1.61 bits per heavy atom. The molecule has 0 aliphatic carbocycles. The summed E-state index contributed by atoms with van der Waals surface area (Å²) in [5, 5.41) is 23.2. The minimum Gasteiger partial charge on any atom is -0.475 e. The first-order chi connectivity index (χ1) is 21.3. The van der Waals surface area contributed by atoms with Crippen LogP contribution in [-0.4, -0.2) is 78.7 Å². The highest BCUT2D eigenvalue weighted by atomic mass is 32.1. The number of alkyl halides is 6. The third-order valence-electron chi connectivity index (χ3n) is 6.29. The number of nitrogens with one attached hydrogen (secondary N) is 3. The molecule has 3 atom stereocenters. The third kappa shape index (κ3) is 12.1. The van der Waals surface area contributed by atoms with Crippen molar-refractivity contribution in [2.24, 2.45) is 5.92 Å². The molecule has 3 heterocycles. The molecule has 46 heavy (non-hydrogen) atoms. The molecule has 2 amide bonds. The zero-order valence-corrected chi connectivity index (χ0v) is 24.9. The molecular formula is C26H29F6N7O6S. The number of hydrogen-bond acceptors (Lipinski definition) is 10. The molecule has 0 spiro atoms. The second-order valence-electron chi connectivity index (χ2n) is 9.89. The van der Waals surface area contributed by atoms with E-state index in [1.54, 1.807) is 13.0 Å². The molecule has 1 aliphatic heterocycles. The molecule has 0 unspecified atom stereocenters. The molecule has 13 nitrogen and oxygen atoms in total. The van der Waals surface area contributed by atoms with Crippen molar-refractivity contribution in [1.82, 2.24) is 29.7 Å². The minimum atomic E-state index is -5.08. The van der Waals surface area contributed by atoms with Crippen LogP contribution in [0.1, 0.15) is 30.2 Å². The van der Waals surface area contributed by atoms with E-state index >= 15 is 0 Å². The number of nitrogen functional groups attached to an aromatic ring is 1. The number of hydrogen-bond donors (Lipinski definition) is 6. The fourth-order valence-corrected chi connectivity index (χ4v) is 4.48. The highest BCUT2D eigenvalue weighted by Gasteiger charge is 2.39. The lowest BCUT2D eigenvalue weighted by molar-refractivity contribution is -0.193. The largest absolute Gasteiger partial charge is 0.490 e. The van der Waals surface area contributed by atoms with E-state index in [9.17, 15) is 35.9 Å². The van der Waals surface area contributed by atoms with Gasteiger partial charge in [0.15, 0.2) is 0 Å². The molecule has 0 saturated carbocycles. The molecule has 0 radical (unpaired) electrons. The number of nitrogens with zero attached hydrogens (tertiary/aromatic N) is 3. The lowest BCUT2D eigenvalue weighted by atomic mass is 9.96. The summed E-state index contributed by atoms with van der Waals surface area (Å²) in [6.07, 6.45) is -8.57. The maximum absolute atomic E-state index is 12.7. The topological polar surface area (TPSA) is 210 Å². The van der Waals surface area contributed by atoms with E-state index in [0.717, 1.165) is 41.7 Å². The number of carboxylic acid groups (broad SMARTS) is 2. The number of nitrogens with two attached hydrogens (primary N) is 1. The normalized spacial score (nSPS) is 16.7. The summed E-state index contributed by atoms with van der Waals surface area (Å²) in [7, 11) is 0. The first kappa shape index (κ1) is 37.6. The number of aliphatic carboxylic acids is 2. The number of rotatable bonds is 7. The molecule has 7 N–H and O–H groups in total. The van der Waals surface area contributed by atoms with Gasteiger partial charge in [-0.25, -0.2) is 14.6 Å². The summed E-state index contributed by atoms with van der Waals surface area (Å²) < 4.78 is 72.0. The third-order valence-corrected chi connectivity index (χ3v) is 6.84. The van der Waals surface area contributed by atoms with Crippen molar-refractivity contribution in [2.75, 3.05) is 12.3 Å². The number of aromatic nitrogens is 3. The van der Waals surface area contributed by atoms with Gasteiger partial charge < -0.3 is 31.9 Å². The number of halogens is 6. The monoisotopic (exact) mass is 681 g/mol.